The van der Waals surface area contributed by atoms with E-state index in [2.05, 4.69) is 36.8 Å². The summed E-state index contributed by atoms with van der Waals surface area (Å²) in [7, 11) is 0. The smallest absolute Gasteiger partial charge is 0.0654 e. The Balaban J connectivity index is 2.95. The predicted octanol–water partition coefficient (Wildman–Crippen LogP) is 5.05. The van der Waals surface area contributed by atoms with Gasteiger partial charge in [0.05, 0.1) is 0 Å². The number of allylic oxidation sites excluding steroid dienone is 2. The van der Waals surface area contributed by atoms with Crippen molar-refractivity contribution in [1.29, 1.82) is 0 Å². The summed E-state index contributed by atoms with van der Waals surface area (Å²) < 4.78 is 0. The van der Waals surface area contributed by atoms with E-state index in [4.69, 9.17) is 0 Å². The summed E-state index contributed by atoms with van der Waals surface area (Å²) in [6, 6.07) is 0. The summed E-state index contributed by atoms with van der Waals surface area (Å²) in [6.07, 6.45) is 18.6. The van der Waals surface area contributed by atoms with Gasteiger partial charge in [-0.3, -0.25) is 0 Å². The fourth-order valence-corrected chi connectivity index (χ4v) is 1.78. The molecule has 0 aromatic heterocycles. The van der Waals surface area contributed by atoms with Crippen LogP contribution < -0.4 is 0 Å². The summed E-state index contributed by atoms with van der Waals surface area (Å²) >= 11 is 2.25. The number of hydrogen-bond donors (Lipinski definition) is 0. The molecule has 0 bridgehead atoms. The van der Waals surface area contributed by atoms with E-state index >= 15 is 0 Å². The number of rotatable bonds is 11. The molecule has 0 atom stereocenters. The first kappa shape index (κ1) is 15.3. The van der Waals surface area contributed by atoms with E-state index in [0.29, 0.717) is 0 Å². The Morgan fingerprint density at radius 1 is 0.733 bits per heavy atom. The van der Waals surface area contributed by atoms with Crippen molar-refractivity contribution in [2.24, 2.45) is 0 Å². The maximum absolute atomic E-state index is 2.38. The van der Waals surface area contributed by atoms with Crippen molar-refractivity contribution >= 4 is 17.7 Å². The van der Waals surface area contributed by atoms with E-state index in [1.54, 1.807) is 0 Å². The van der Waals surface area contributed by atoms with Crippen molar-refractivity contribution < 1.29 is 0 Å². The second-order valence-electron chi connectivity index (χ2n) is 4.52. The maximum atomic E-state index is 2.38. The number of hydrogen-bond acceptors (Lipinski definition) is 0. The Bertz CT molecular complexity index is 129. The minimum atomic E-state index is 1.28. The van der Waals surface area contributed by atoms with Gasteiger partial charge in [0, 0.05) is 0 Å². The van der Waals surface area contributed by atoms with Crippen molar-refractivity contribution in [2.75, 3.05) is 0 Å². The molecule has 0 fully saturated rings. The summed E-state index contributed by atoms with van der Waals surface area (Å²) in [6.45, 7) is 2.28. The molecule has 15 heavy (non-hydrogen) atoms. The molecule has 0 rings (SSSR count). The van der Waals surface area contributed by atoms with Crippen LogP contribution in [-0.2, 0) is 0 Å². The molecule has 0 N–H and O–H groups in total. The van der Waals surface area contributed by atoms with Crippen LogP contribution in [0.1, 0.15) is 71.1 Å². The van der Waals surface area contributed by atoms with Gasteiger partial charge in [-0.05, 0) is 0 Å². The van der Waals surface area contributed by atoms with Gasteiger partial charge in [0.2, 0.25) is 0 Å². The van der Waals surface area contributed by atoms with Crippen LogP contribution >= 0.6 is 0 Å². The first-order chi connectivity index (χ1) is 7.41. The van der Waals surface area contributed by atoms with Crippen molar-refractivity contribution in [3.05, 3.63) is 12.2 Å². The van der Waals surface area contributed by atoms with Crippen LogP contribution in [0.5, 0.6) is 0 Å². The summed E-state index contributed by atoms with van der Waals surface area (Å²) in [5.41, 5.74) is 0. The first-order valence-electron chi connectivity index (χ1n) is 7.06. The third-order valence-electron chi connectivity index (χ3n) is 2.87. The summed E-state index contributed by atoms with van der Waals surface area (Å²) in [5, 5.41) is 1.32. The van der Waals surface area contributed by atoms with Crippen LogP contribution in [0.25, 0.3) is 0 Å². The fraction of sp³-hybridized carbons (Fsp3) is 0.857. The second-order valence-corrected chi connectivity index (χ2v) is 4.52. The van der Waals surface area contributed by atoms with E-state index in [0.717, 1.165) is 0 Å². The van der Waals surface area contributed by atoms with Gasteiger partial charge >= 0.3 is 92.7 Å². The standard InChI is InChI=1S/C14H27.Li/c1-3-5-7-9-11-13-14-12-10-8-6-4-2;/h7,9H,1,3-6,8,10-14H2,2H3;/b9-7-;. The molecule has 1 heteroatoms. The van der Waals surface area contributed by atoms with Crippen molar-refractivity contribution in [3.63, 3.8) is 0 Å². The first-order valence-corrected chi connectivity index (χ1v) is 7.06. The molecular formula is C14H27Li. The third-order valence-corrected chi connectivity index (χ3v) is 2.87. The molecule has 0 saturated heterocycles. The summed E-state index contributed by atoms with van der Waals surface area (Å²) in [4.78, 5) is 0. The third kappa shape index (κ3) is 14.3. The molecule has 0 unspecified atom stereocenters. The van der Waals surface area contributed by atoms with E-state index in [1.807, 2.05) is 0 Å². The zero-order chi connectivity index (χ0) is 11.2. The van der Waals surface area contributed by atoms with Crippen LogP contribution in [0.3, 0.4) is 0 Å². The fourth-order valence-electron chi connectivity index (χ4n) is 1.78. The molecule has 0 spiro atoms. The minimum Gasteiger partial charge on any atom is -0.0654 e. The van der Waals surface area contributed by atoms with Crippen LogP contribution in [0, 0.1) is 0 Å². The number of unbranched alkanes of at least 4 members (excludes halogenated alkanes) is 8. The SMILES string of the molecule is [Li][CH2]CC/C=C\CCCCCCCCC. The van der Waals surface area contributed by atoms with Crippen LogP contribution in [-0.4, -0.2) is 17.7 Å². The Kier molecular flexibility index (Phi) is 14.7. The molecule has 0 radical (unpaired) electrons. The van der Waals surface area contributed by atoms with Crippen LogP contribution in [0.15, 0.2) is 12.2 Å². The molecule has 0 aromatic rings. The van der Waals surface area contributed by atoms with Gasteiger partial charge in [0.1, 0.15) is 0 Å². The Hall–Kier alpha value is 0.337. The van der Waals surface area contributed by atoms with Crippen LogP contribution in [0.2, 0.25) is 5.09 Å². The van der Waals surface area contributed by atoms with E-state index in [-0.39, 0.29) is 0 Å². The van der Waals surface area contributed by atoms with Crippen LogP contribution in [0.4, 0.5) is 0 Å². The second kappa shape index (κ2) is 14.3. The van der Waals surface area contributed by atoms with Gasteiger partial charge in [-0.15, -0.1) is 0 Å². The zero-order valence-corrected chi connectivity index (χ0v) is 10.9. The zero-order valence-electron chi connectivity index (χ0n) is 10.9. The molecular weight excluding hydrogens is 175 g/mol. The molecule has 84 valence electrons. The average molecular weight is 202 g/mol. The predicted molar refractivity (Wildman–Crippen MR) is 71.5 cm³/mol. The Morgan fingerprint density at radius 2 is 1.27 bits per heavy atom. The van der Waals surface area contributed by atoms with Crippen molar-refractivity contribution in [2.45, 2.75) is 76.2 Å². The quantitative estimate of drug-likeness (QED) is 0.250. The van der Waals surface area contributed by atoms with Gasteiger partial charge < -0.3 is 0 Å². The average Bonchev–Trinajstić information content (AvgIpc) is 2.26. The molecule has 0 aliphatic rings. The van der Waals surface area contributed by atoms with Crippen molar-refractivity contribution in [1.82, 2.24) is 0 Å². The van der Waals surface area contributed by atoms with Gasteiger partial charge in [-0.1, -0.05) is 13.3 Å². The molecule has 0 aromatic carbocycles. The molecule has 0 nitrogen and oxygen atoms in total. The molecule has 0 heterocycles. The Morgan fingerprint density at radius 3 is 1.87 bits per heavy atom. The van der Waals surface area contributed by atoms with Gasteiger partial charge in [-0.25, -0.2) is 0 Å². The molecule has 0 aliphatic carbocycles. The summed E-state index contributed by atoms with van der Waals surface area (Å²) in [5.74, 6) is 0. The van der Waals surface area contributed by atoms with E-state index in [1.165, 1.54) is 69.3 Å². The van der Waals surface area contributed by atoms with Crippen molar-refractivity contribution in [3.8, 4) is 0 Å². The van der Waals surface area contributed by atoms with Gasteiger partial charge in [0.15, 0.2) is 0 Å². The van der Waals surface area contributed by atoms with E-state index in [9.17, 15) is 0 Å². The van der Waals surface area contributed by atoms with Gasteiger partial charge in [-0.2, -0.15) is 0 Å². The van der Waals surface area contributed by atoms with E-state index < -0.39 is 0 Å². The monoisotopic (exact) mass is 202 g/mol. The minimum absolute atomic E-state index is 1.28. The molecule has 0 amide bonds. The normalized spacial score (nSPS) is 11.4. The Labute approximate surface area is 106 Å². The molecule has 0 saturated carbocycles. The topological polar surface area (TPSA) is 0 Å². The molecule has 0 aliphatic heterocycles. The van der Waals surface area contributed by atoms with Gasteiger partial charge in [0.25, 0.3) is 0 Å².